The van der Waals surface area contributed by atoms with E-state index < -0.39 is 6.10 Å². The van der Waals surface area contributed by atoms with Gasteiger partial charge in [0.2, 0.25) is 0 Å². The quantitative estimate of drug-likeness (QED) is 0.801. The number of aromatic amines is 1. The van der Waals surface area contributed by atoms with Crippen LogP contribution in [0.25, 0.3) is 0 Å². The van der Waals surface area contributed by atoms with Gasteiger partial charge in [-0.3, -0.25) is 9.89 Å². The highest BCUT2D eigenvalue weighted by Crippen LogP contribution is 2.12. The van der Waals surface area contributed by atoms with Gasteiger partial charge in [0.25, 0.3) is 5.91 Å². The van der Waals surface area contributed by atoms with Crippen molar-refractivity contribution in [1.82, 2.24) is 15.1 Å². The first-order valence-corrected chi connectivity index (χ1v) is 7.26. The van der Waals surface area contributed by atoms with Crippen LogP contribution in [0.2, 0.25) is 0 Å². The second kappa shape index (κ2) is 7.43. The normalized spacial score (nSPS) is 12.8. The lowest BCUT2D eigenvalue weighted by Crippen LogP contribution is -2.37. The lowest BCUT2D eigenvalue weighted by atomic mass is 10.0. The smallest absolute Gasteiger partial charge is 0.251 e. The molecule has 0 aliphatic rings. The first-order valence-electron chi connectivity index (χ1n) is 7.26. The van der Waals surface area contributed by atoms with E-state index in [1.165, 1.54) is 5.56 Å². The van der Waals surface area contributed by atoms with Gasteiger partial charge in [0.05, 0.1) is 5.69 Å². The van der Waals surface area contributed by atoms with Crippen molar-refractivity contribution in [2.24, 2.45) is 5.92 Å². The Morgan fingerprint density at radius 3 is 2.55 bits per heavy atom. The molecule has 5 heteroatoms. The van der Waals surface area contributed by atoms with Gasteiger partial charge in [-0.05, 0) is 44.6 Å². The number of aliphatic hydroxyl groups excluding tert-OH is 1. The Labute approximate surface area is 121 Å². The fourth-order valence-electron chi connectivity index (χ4n) is 2.35. The van der Waals surface area contributed by atoms with Gasteiger partial charge in [0.15, 0.2) is 0 Å². The van der Waals surface area contributed by atoms with Gasteiger partial charge in [0.1, 0.15) is 6.10 Å². The second-order valence-corrected chi connectivity index (χ2v) is 5.92. The van der Waals surface area contributed by atoms with Gasteiger partial charge in [-0.15, -0.1) is 0 Å². The maximum absolute atomic E-state index is 12.0. The molecule has 5 nitrogen and oxygen atoms in total. The minimum Gasteiger partial charge on any atom is -0.383 e. The third kappa shape index (κ3) is 4.63. The SMILES string of the molecule is Cc1n[nH]c(C)c1CCCN(C)C(=O)C(O)CC(C)C. The van der Waals surface area contributed by atoms with Crippen LogP contribution < -0.4 is 0 Å². The van der Waals surface area contributed by atoms with Gasteiger partial charge < -0.3 is 10.0 Å². The Morgan fingerprint density at radius 1 is 1.40 bits per heavy atom. The molecule has 1 atom stereocenters. The highest BCUT2D eigenvalue weighted by molar-refractivity contribution is 5.80. The highest BCUT2D eigenvalue weighted by Gasteiger charge is 2.20. The van der Waals surface area contributed by atoms with Crippen LogP contribution in [0.4, 0.5) is 0 Å². The fourth-order valence-corrected chi connectivity index (χ4v) is 2.35. The monoisotopic (exact) mass is 281 g/mol. The third-order valence-electron chi connectivity index (χ3n) is 3.56. The molecule has 0 radical (unpaired) electrons. The molecular formula is C15H27N3O2. The van der Waals surface area contributed by atoms with Crippen molar-refractivity contribution in [1.29, 1.82) is 0 Å². The minimum absolute atomic E-state index is 0.181. The van der Waals surface area contributed by atoms with Crippen molar-refractivity contribution < 1.29 is 9.90 Å². The minimum atomic E-state index is -0.877. The number of aromatic nitrogens is 2. The number of rotatable bonds is 7. The van der Waals surface area contributed by atoms with Gasteiger partial charge in [-0.1, -0.05) is 13.8 Å². The van der Waals surface area contributed by atoms with Gasteiger partial charge in [-0.2, -0.15) is 5.10 Å². The molecule has 1 aromatic rings. The summed E-state index contributed by atoms with van der Waals surface area (Å²) in [4.78, 5) is 13.6. The Morgan fingerprint density at radius 2 is 2.05 bits per heavy atom. The summed E-state index contributed by atoms with van der Waals surface area (Å²) in [5.74, 6) is 0.137. The van der Waals surface area contributed by atoms with E-state index >= 15 is 0 Å². The Bertz CT molecular complexity index is 421. The van der Waals surface area contributed by atoms with Crippen LogP contribution in [-0.2, 0) is 11.2 Å². The standard InChI is InChI=1S/C15H27N3O2/c1-10(2)9-14(19)15(20)18(5)8-6-7-13-11(3)16-17-12(13)4/h10,14,19H,6-9H2,1-5H3,(H,16,17). The third-order valence-corrected chi connectivity index (χ3v) is 3.56. The van der Waals surface area contributed by atoms with Crippen LogP contribution in [-0.4, -0.2) is 45.8 Å². The number of aryl methyl sites for hydroxylation is 2. The summed E-state index contributed by atoms with van der Waals surface area (Å²) in [6.45, 7) is 8.65. The molecule has 1 heterocycles. The molecular weight excluding hydrogens is 254 g/mol. The Balaban J connectivity index is 2.40. The molecule has 0 fully saturated rings. The predicted octanol–water partition coefficient (Wildman–Crippen LogP) is 1.82. The summed E-state index contributed by atoms with van der Waals surface area (Å²) in [7, 11) is 1.75. The zero-order valence-electron chi connectivity index (χ0n) is 13.2. The number of hydrogen-bond donors (Lipinski definition) is 2. The van der Waals surface area contributed by atoms with E-state index in [0.29, 0.717) is 18.9 Å². The number of likely N-dealkylation sites (N-methyl/N-ethyl adjacent to an activating group) is 1. The van der Waals surface area contributed by atoms with Crippen LogP contribution in [0.15, 0.2) is 0 Å². The van der Waals surface area contributed by atoms with Crippen molar-refractivity contribution in [2.75, 3.05) is 13.6 Å². The largest absolute Gasteiger partial charge is 0.383 e. The fraction of sp³-hybridized carbons (Fsp3) is 0.733. The lowest BCUT2D eigenvalue weighted by molar-refractivity contribution is -0.139. The summed E-state index contributed by atoms with van der Waals surface area (Å²) in [6, 6.07) is 0. The number of amides is 1. The van der Waals surface area contributed by atoms with Crippen molar-refractivity contribution in [3.05, 3.63) is 17.0 Å². The van der Waals surface area contributed by atoms with Gasteiger partial charge in [-0.25, -0.2) is 0 Å². The molecule has 1 unspecified atom stereocenters. The molecule has 20 heavy (non-hydrogen) atoms. The molecule has 0 spiro atoms. The van der Waals surface area contributed by atoms with Crippen LogP contribution in [0, 0.1) is 19.8 Å². The molecule has 0 bridgehead atoms. The summed E-state index contributed by atoms with van der Waals surface area (Å²) >= 11 is 0. The van der Waals surface area contributed by atoms with E-state index in [4.69, 9.17) is 0 Å². The summed E-state index contributed by atoms with van der Waals surface area (Å²) in [6.07, 6.45) is 1.41. The number of nitrogens with one attached hydrogen (secondary N) is 1. The molecule has 1 aromatic heterocycles. The number of carbonyl (C=O) groups excluding carboxylic acids is 1. The Kier molecular flexibility index (Phi) is 6.20. The molecule has 114 valence electrons. The maximum Gasteiger partial charge on any atom is 0.251 e. The summed E-state index contributed by atoms with van der Waals surface area (Å²) in [5, 5.41) is 17.0. The first-order chi connectivity index (χ1) is 9.32. The average molecular weight is 281 g/mol. The molecule has 0 aliphatic carbocycles. The van der Waals surface area contributed by atoms with Crippen LogP contribution in [0.3, 0.4) is 0 Å². The van der Waals surface area contributed by atoms with Crippen molar-refractivity contribution in [2.45, 2.75) is 53.1 Å². The van der Waals surface area contributed by atoms with Crippen molar-refractivity contribution in [3.63, 3.8) is 0 Å². The number of aliphatic hydroxyl groups is 1. The molecule has 0 aliphatic heterocycles. The van der Waals surface area contributed by atoms with E-state index in [2.05, 4.69) is 10.2 Å². The Hall–Kier alpha value is -1.36. The second-order valence-electron chi connectivity index (χ2n) is 5.92. The van der Waals surface area contributed by atoms with E-state index in [9.17, 15) is 9.90 Å². The van der Waals surface area contributed by atoms with Crippen molar-refractivity contribution >= 4 is 5.91 Å². The number of H-pyrrole nitrogens is 1. The van der Waals surface area contributed by atoms with Gasteiger partial charge >= 0.3 is 0 Å². The number of carbonyl (C=O) groups is 1. The van der Waals surface area contributed by atoms with Crippen LogP contribution in [0.5, 0.6) is 0 Å². The average Bonchev–Trinajstić information content (AvgIpc) is 2.68. The first kappa shape index (κ1) is 16.7. The molecule has 2 N–H and O–H groups in total. The highest BCUT2D eigenvalue weighted by atomic mass is 16.3. The lowest BCUT2D eigenvalue weighted by Gasteiger charge is -2.21. The molecule has 0 aromatic carbocycles. The van der Waals surface area contributed by atoms with E-state index in [1.54, 1.807) is 11.9 Å². The summed E-state index contributed by atoms with van der Waals surface area (Å²) in [5.41, 5.74) is 3.35. The molecule has 0 saturated heterocycles. The zero-order chi connectivity index (χ0) is 15.3. The molecule has 1 amide bonds. The van der Waals surface area contributed by atoms with E-state index in [0.717, 1.165) is 24.2 Å². The van der Waals surface area contributed by atoms with Gasteiger partial charge in [0, 0.05) is 19.3 Å². The predicted molar refractivity (Wildman–Crippen MR) is 79.5 cm³/mol. The number of nitrogens with zero attached hydrogens (tertiary/aromatic N) is 2. The molecule has 0 saturated carbocycles. The summed E-state index contributed by atoms with van der Waals surface area (Å²) < 4.78 is 0. The van der Waals surface area contributed by atoms with E-state index in [-0.39, 0.29) is 5.91 Å². The maximum atomic E-state index is 12.0. The topological polar surface area (TPSA) is 69.2 Å². The zero-order valence-corrected chi connectivity index (χ0v) is 13.2. The van der Waals surface area contributed by atoms with E-state index in [1.807, 2.05) is 27.7 Å². The van der Waals surface area contributed by atoms with Crippen LogP contribution in [0.1, 0.15) is 43.6 Å². The number of hydrogen-bond acceptors (Lipinski definition) is 3. The van der Waals surface area contributed by atoms with Crippen molar-refractivity contribution in [3.8, 4) is 0 Å². The van der Waals surface area contributed by atoms with Crippen LogP contribution >= 0.6 is 0 Å². The molecule has 1 rings (SSSR count).